The highest BCUT2D eigenvalue weighted by Crippen LogP contribution is 2.29. The minimum Gasteiger partial charge on any atom is -0.287 e. The second kappa shape index (κ2) is 8.72. The van der Waals surface area contributed by atoms with Crippen LogP contribution in [0, 0.1) is 0 Å². The Bertz CT molecular complexity index is 1430. The lowest BCUT2D eigenvalue weighted by Gasteiger charge is -2.21. The van der Waals surface area contributed by atoms with E-state index >= 15 is 0 Å². The van der Waals surface area contributed by atoms with Crippen molar-refractivity contribution in [1.82, 2.24) is 14.8 Å². The third-order valence-electron chi connectivity index (χ3n) is 5.33. The van der Waals surface area contributed by atoms with Crippen LogP contribution in [-0.2, 0) is 17.8 Å². The monoisotopic (exact) mass is 440 g/mol. The molecule has 0 bridgehead atoms. The summed E-state index contributed by atoms with van der Waals surface area (Å²) >= 11 is 1.50. The van der Waals surface area contributed by atoms with Crippen molar-refractivity contribution in [3.05, 3.63) is 101 Å². The zero-order valence-electron chi connectivity index (χ0n) is 17.2. The molecule has 2 aromatic heterocycles. The van der Waals surface area contributed by atoms with Gasteiger partial charge in [-0.25, -0.2) is 4.98 Å². The lowest BCUT2D eigenvalue weighted by Crippen LogP contribution is -2.36. The van der Waals surface area contributed by atoms with E-state index in [2.05, 4.69) is 17.2 Å². The Kier molecular flexibility index (Phi) is 5.47. The maximum Gasteiger partial charge on any atom is 0.250 e. The molecule has 32 heavy (non-hydrogen) atoms. The van der Waals surface area contributed by atoms with Crippen molar-refractivity contribution in [3.8, 4) is 0 Å². The topological polar surface area (TPSA) is 68.1 Å². The van der Waals surface area contributed by atoms with Crippen LogP contribution >= 0.6 is 11.3 Å². The summed E-state index contributed by atoms with van der Waals surface area (Å²) in [5.41, 5.74) is 2.51. The molecule has 0 spiro atoms. The summed E-state index contributed by atoms with van der Waals surface area (Å²) in [5, 5.41) is 5.43. The first kappa shape index (κ1) is 20.1. The fraction of sp³-hybridized carbons (Fsp3) is 0.120. The number of thiazole rings is 1. The number of carbonyl (C=O) groups excluding carboxylic acids is 1. The van der Waals surface area contributed by atoms with Crippen LogP contribution in [0.5, 0.6) is 0 Å². The van der Waals surface area contributed by atoms with Crippen molar-refractivity contribution in [2.24, 2.45) is 0 Å². The highest BCUT2D eigenvalue weighted by Gasteiger charge is 2.21. The molecule has 0 fully saturated rings. The number of carbonyl (C=O) groups is 1. The molecule has 3 aromatic carbocycles. The lowest BCUT2D eigenvalue weighted by molar-refractivity contribution is -0.119. The van der Waals surface area contributed by atoms with E-state index < -0.39 is 0 Å². The van der Waals surface area contributed by atoms with Gasteiger partial charge in [0.25, 0.3) is 5.91 Å². The Balaban J connectivity index is 1.48. The van der Waals surface area contributed by atoms with Crippen molar-refractivity contribution < 1.29 is 4.79 Å². The molecule has 0 radical (unpaired) electrons. The molecular weight excluding hydrogens is 420 g/mol. The van der Waals surface area contributed by atoms with Gasteiger partial charge in [-0.2, -0.15) is 5.10 Å². The minimum absolute atomic E-state index is 0.0194. The van der Waals surface area contributed by atoms with E-state index in [-0.39, 0.29) is 17.9 Å². The Morgan fingerprint density at radius 2 is 1.69 bits per heavy atom. The van der Waals surface area contributed by atoms with E-state index in [4.69, 9.17) is 4.98 Å². The molecule has 0 saturated heterocycles. The third kappa shape index (κ3) is 4.02. The normalized spacial score (nSPS) is 11.1. The van der Waals surface area contributed by atoms with Crippen LogP contribution in [0.2, 0.25) is 0 Å². The molecule has 0 aliphatic heterocycles. The number of para-hydroxylation sites is 2. The molecule has 0 aliphatic rings. The highest BCUT2D eigenvalue weighted by molar-refractivity contribution is 7.22. The number of hydrogen-bond donors (Lipinski definition) is 0. The van der Waals surface area contributed by atoms with Gasteiger partial charge in [-0.1, -0.05) is 65.9 Å². The second-order valence-electron chi connectivity index (χ2n) is 7.43. The van der Waals surface area contributed by atoms with Crippen molar-refractivity contribution in [2.75, 3.05) is 11.4 Å². The second-order valence-corrected chi connectivity index (χ2v) is 8.44. The predicted octanol–water partition coefficient (Wildman–Crippen LogP) is 4.28. The Morgan fingerprint density at radius 3 is 2.53 bits per heavy atom. The van der Waals surface area contributed by atoms with Gasteiger partial charge >= 0.3 is 0 Å². The van der Waals surface area contributed by atoms with Gasteiger partial charge < -0.3 is 0 Å². The number of aromatic nitrogens is 3. The SMILES string of the molecule is O=C(Cn1ncc(=O)c2ccccc21)N(CCc1ccccc1)c1nc2ccccc2s1. The molecule has 5 aromatic rings. The number of amides is 1. The smallest absolute Gasteiger partial charge is 0.250 e. The highest BCUT2D eigenvalue weighted by atomic mass is 32.1. The van der Waals surface area contributed by atoms with Crippen LogP contribution in [0.25, 0.3) is 21.1 Å². The number of rotatable bonds is 6. The molecule has 0 unspecified atom stereocenters. The Labute approximate surface area is 188 Å². The first-order valence-electron chi connectivity index (χ1n) is 10.3. The molecule has 1 amide bonds. The lowest BCUT2D eigenvalue weighted by atomic mass is 10.1. The van der Waals surface area contributed by atoms with Gasteiger partial charge in [0.1, 0.15) is 6.54 Å². The molecule has 0 saturated carbocycles. The predicted molar refractivity (Wildman–Crippen MR) is 128 cm³/mol. The summed E-state index contributed by atoms with van der Waals surface area (Å²) in [6.07, 6.45) is 1.97. The zero-order valence-corrected chi connectivity index (χ0v) is 18.0. The van der Waals surface area contributed by atoms with Gasteiger partial charge in [-0.3, -0.25) is 19.2 Å². The van der Waals surface area contributed by atoms with Crippen LogP contribution in [0.15, 0.2) is 89.9 Å². The first-order valence-corrected chi connectivity index (χ1v) is 11.2. The molecule has 6 nitrogen and oxygen atoms in total. The average Bonchev–Trinajstić information content (AvgIpc) is 3.26. The van der Waals surface area contributed by atoms with E-state index in [0.29, 0.717) is 29.0 Å². The van der Waals surface area contributed by atoms with Crippen LogP contribution in [0.3, 0.4) is 0 Å². The van der Waals surface area contributed by atoms with E-state index in [1.165, 1.54) is 17.5 Å². The van der Waals surface area contributed by atoms with E-state index in [9.17, 15) is 9.59 Å². The maximum absolute atomic E-state index is 13.5. The minimum atomic E-state index is -0.156. The summed E-state index contributed by atoms with van der Waals surface area (Å²) in [7, 11) is 0. The first-order chi connectivity index (χ1) is 15.7. The van der Waals surface area contributed by atoms with Crippen LogP contribution in [0.1, 0.15) is 5.56 Å². The quantitative estimate of drug-likeness (QED) is 0.395. The Morgan fingerprint density at radius 1 is 0.938 bits per heavy atom. The van der Waals surface area contributed by atoms with Crippen LogP contribution in [0.4, 0.5) is 5.13 Å². The average molecular weight is 441 g/mol. The van der Waals surface area contributed by atoms with Gasteiger partial charge in [-0.15, -0.1) is 0 Å². The number of nitrogens with zero attached hydrogens (tertiary/aromatic N) is 4. The molecule has 2 heterocycles. The molecule has 0 N–H and O–H groups in total. The summed E-state index contributed by atoms with van der Waals surface area (Å²) in [4.78, 5) is 32.1. The van der Waals surface area contributed by atoms with Crippen molar-refractivity contribution in [3.63, 3.8) is 0 Å². The Hall–Kier alpha value is -3.84. The fourth-order valence-corrected chi connectivity index (χ4v) is 4.70. The number of hydrogen-bond acceptors (Lipinski definition) is 5. The molecular formula is C25H20N4O2S. The number of anilines is 1. The summed E-state index contributed by atoms with van der Waals surface area (Å²) < 4.78 is 2.62. The van der Waals surface area contributed by atoms with Gasteiger partial charge in [-0.05, 0) is 36.2 Å². The molecule has 158 valence electrons. The molecule has 0 atom stereocenters. The largest absolute Gasteiger partial charge is 0.287 e. The molecule has 7 heteroatoms. The van der Waals surface area contributed by atoms with Crippen molar-refractivity contribution in [1.29, 1.82) is 0 Å². The van der Waals surface area contributed by atoms with Gasteiger partial charge in [0.2, 0.25) is 5.43 Å². The zero-order chi connectivity index (χ0) is 21.9. The molecule has 0 aliphatic carbocycles. The van der Waals surface area contributed by atoms with Crippen LogP contribution in [-0.4, -0.2) is 27.2 Å². The molecule has 5 rings (SSSR count). The third-order valence-corrected chi connectivity index (χ3v) is 6.39. The maximum atomic E-state index is 13.5. The van der Waals surface area contributed by atoms with Gasteiger partial charge in [0.05, 0.1) is 21.9 Å². The van der Waals surface area contributed by atoms with Crippen LogP contribution < -0.4 is 10.3 Å². The van der Waals surface area contributed by atoms with Crippen molar-refractivity contribution in [2.45, 2.75) is 13.0 Å². The van der Waals surface area contributed by atoms with E-state index in [1.54, 1.807) is 15.6 Å². The number of fused-ring (bicyclic) bond motifs is 2. The fourth-order valence-electron chi connectivity index (χ4n) is 3.69. The summed E-state index contributed by atoms with van der Waals surface area (Å²) in [6.45, 7) is 0.520. The van der Waals surface area contributed by atoms with Crippen molar-refractivity contribution >= 4 is 43.5 Å². The van der Waals surface area contributed by atoms with E-state index in [1.807, 2.05) is 60.7 Å². The van der Waals surface area contributed by atoms with Gasteiger partial charge in [0.15, 0.2) is 5.13 Å². The summed E-state index contributed by atoms with van der Waals surface area (Å²) in [5.74, 6) is -0.124. The standard InChI is InChI=1S/C25H20N4O2S/c30-22-16-26-29(21-12-6-4-10-19(21)22)17-24(31)28(15-14-18-8-2-1-3-9-18)25-27-20-11-5-7-13-23(20)32-25/h1-13,16H,14-15,17H2. The number of benzene rings is 3. The van der Waals surface area contributed by atoms with Gasteiger partial charge in [0, 0.05) is 11.9 Å². The van der Waals surface area contributed by atoms with E-state index in [0.717, 1.165) is 15.8 Å². The summed E-state index contributed by atoms with van der Waals surface area (Å²) in [6, 6.07) is 25.2.